The summed E-state index contributed by atoms with van der Waals surface area (Å²) in [7, 11) is 0. The fourth-order valence-electron chi connectivity index (χ4n) is 3.90. The minimum absolute atomic E-state index is 0.317. The minimum atomic E-state index is 0.317. The first-order valence-electron chi connectivity index (χ1n) is 10.0. The SMILES string of the molecule is CCCn1c(CN(Cc2ccccn2)CC2CCCO2)nc2ccccc21. The number of fused-ring (bicyclic) bond motifs is 1. The number of ether oxygens (including phenoxy) is 1. The zero-order chi connectivity index (χ0) is 18.5. The third-order valence-electron chi connectivity index (χ3n) is 5.14. The molecule has 0 aliphatic carbocycles. The average molecular weight is 364 g/mol. The molecule has 0 N–H and O–H groups in total. The van der Waals surface area contributed by atoms with Gasteiger partial charge in [-0.2, -0.15) is 0 Å². The zero-order valence-corrected chi connectivity index (χ0v) is 16.1. The third kappa shape index (κ3) is 4.37. The Bertz CT molecular complexity index is 855. The molecule has 1 fully saturated rings. The van der Waals surface area contributed by atoms with Crippen LogP contribution in [0.2, 0.25) is 0 Å². The summed E-state index contributed by atoms with van der Waals surface area (Å²) in [6, 6.07) is 14.6. The van der Waals surface area contributed by atoms with Crippen LogP contribution in [-0.4, -0.2) is 38.7 Å². The second-order valence-electron chi connectivity index (χ2n) is 7.29. The Morgan fingerprint density at radius 1 is 1.15 bits per heavy atom. The summed E-state index contributed by atoms with van der Waals surface area (Å²) in [4.78, 5) is 11.9. The molecule has 1 aliphatic rings. The quantitative estimate of drug-likeness (QED) is 0.605. The molecule has 1 aromatic carbocycles. The number of imidazole rings is 1. The predicted octanol–water partition coefficient (Wildman–Crippen LogP) is 4.02. The van der Waals surface area contributed by atoms with E-state index in [4.69, 9.17) is 9.72 Å². The van der Waals surface area contributed by atoms with E-state index in [-0.39, 0.29) is 0 Å². The van der Waals surface area contributed by atoms with Crippen molar-refractivity contribution in [3.8, 4) is 0 Å². The minimum Gasteiger partial charge on any atom is -0.377 e. The Hall–Kier alpha value is -2.24. The van der Waals surface area contributed by atoms with Crippen LogP contribution in [0.25, 0.3) is 11.0 Å². The van der Waals surface area contributed by atoms with E-state index in [0.717, 1.165) is 69.1 Å². The number of nitrogens with zero attached hydrogens (tertiary/aromatic N) is 4. The largest absolute Gasteiger partial charge is 0.377 e. The molecule has 1 aliphatic heterocycles. The van der Waals surface area contributed by atoms with E-state index < -0.39 is 0 Å². The van der Waals surface area contributed by atoms with Crippen molar-refractivity contribution in [1.82, 2.24) is 19.4 Å². The zero-order valence-electron chi connectivity index (χ0n) is 16.1. The highest BCUT2D eigenvalue weighted by molar-refractivity contribution is 5.75. The monoisotopic (exact) mass is 364 g/mol. The summed E-state index contributed by atoms with van der Waals surface area (Å²) in [5.74, 6) is 1.13. The highest BCUT2D eigenvalue weighted by Crippen LogP contribution is 2.20. The summed E-state index contributed by atoms with van der Waals surface area (Å²) in [6.45, 7) is 6.65. The molecule has 0 bridgehead atoms. The molecular formula is C22H28N4O. The number of hydrogen-bond donors (Lipinski definition) is 0. The molecule has 3 aromatic rings. The highest BCUT2D eigenvalue weighted by atomic mass is 16.5. The van der Waals surface area contributed by atoms with Crippen molar-refractivity contribution in [3.63, 3.8) is 0 Å². The van der Waals surface area contributed by atoms with Gasteiger partial charge in [-0.1, -0.05) is 25.1 Å². The van der Waals surface area contributed by atoms with Gasteiger partial charge in [0.2, 0.25) is 0 Å². The number of benzene rings is 1. The maximum atomic E-state index is 5.91. The van der Waals surface area contributed by atoms with E-state index in [9.17, 15) is 0 Å². The predicted molar refractivity (Wildman–Crippen MR) is 107 cm³/mol. The molecular weight excluding hydrogens is 336 g/mol. The van der Waals surface area contributed by atoms with Crippen molar-refractivity contribution in [2.24, 2.45) is 0 Å². The van der Waals surface area contributed by atoms with E-state index >= 15 is 0 Å². The maximum absolute atomic E-state index is 5.91. The normalized spacial score (nSPS) is 17.2. The fourth-order valence-corrected chi connectivity index (χ4v) is 3.90. The molecule has 0 spiro atoms. The molecule has 1 saturated heterocycles. The van der Waals surface area contributed by atoms with Crippen molar-refractivity contribution in [3.05, 3.63) is 60.2 Å². The van der Waals surface area contributed by atoms with Crippen molar-refractivity contribution >= 4 is 11.0 Å². The van der Waals surface area contributed by atoms with Gasteiger partial charge in [0, 0.05) is 32.4 Å². The summed E-state index contributed by atoms with van der Waals surface area (Å²) in [5, 5.41) is 0. The number of rotatable bonds is 8. The summed E-state index contributed by atoms with van der Waals surface area (Å²) in [5.41, 5.74) is 3.40. The lowest BCUT2D eigenvalue weighted by atomic mass is 10.2. The molecule has 5 heteroatoms. The number of hydrogen-bond acceptors (Lipinski definition) is 4. The second-order valence-corrected chi connectivity index (χ2v) is 7.29. The van der Waals surface area contributed by atoms with Gasteiger partial charge in [-0.05, 0) is 43.5 Å². The molecule has 1 unspecified atom stereocenters. The van der Waals surface area contributed by atoms with Gasteiger partial charge in [-0.25, -0.2) is 4.98 Å². The van der Waals surface area contributed by atoms with Crippen LogP contribution in [0.3, 0.4) is 0 Å². The van der Waals surface area contributed by atoms with Gasteiger partial charge in [0.05, 0.1) is 29.4 Å². The van der Waals surface area contributed by atoms with Crippen molar-refractivity contribution in [1.29, 1.82) is 0 Å². The van der Waals surface area contributed by atoms with Gasteiger partial charge in [0.25, 0.3) is 0 Å². The van der Waals surface area contributed by atoms with Gasteiger partial charge in [0.1, 0.15) is 5.82 Å². The number of aryl methyl sites for hydroxylation is 1. The van der Waals surface area contributed by atoms with Crippen LogP contribution < -0.4 is 0 Å². The van der Waals surface area contributed by atoms with E-state index in [1.165, 1.54) is 5.52 Å². The number of para-hydroxylation sites is 2. The Balaban J connectivity index is 1.60. The molecule has 5 nitrogen and oxygen atoms in total. The van der Waals surface area contributed by atoms with Gasteiger partial charge in [-0.3, -0.25) is 9.88 Å². The van der Waals surface area contributed by atoms with Crippen LogP contribution >= 0.6 is 0 Å². The van der Waals surface area contributed by atoms with Crippen molar-refractivity contribution < 1.29 is 4.74 Å². The van der Waals surface area contributed by atoms with Crippen LogP contribution in [-0.2, 0) is 24.4 Å². The van der Waals surface area contributed by atoms with Gasteiger partial charge in [-0.15, -0.1) is 0 Å². The Kier molecular flexibility index (Phi) is 5.80. The lowest BCUT2D eigenvalue weighted by molar-refractivity contribution is 0.0662. The Labute approximate surface area is 161 Å². The van der Waals surface area contributed by atoms with Crippen LogP contribution in [0.5, 0.6) is 0 Å². The summed E-state index contributed by atoms with van der Waals surface area (Å²) in [6.07, 6.45) is 5.59. The standard InChI is InChI=1S/C22H28N4O/c1-2-13-26-21-11-4-3-10-20(21)24-22(26)17-25(16-19-9-7-14-27-19)15-18-8-5-6-12-23-18/h3-6,8,10-12,19H,2,7,9,13-17H2,1H3. The second kappa shape index (κ2) is 8.63. The molecule has 0 saturated carbocycles. The molecule has 1 atom stereocenters. The highest BCUT2D eigenvalue weighted by Gasteiger charge is 2.22. The fraction of sp³-hybridized carbons (Fsp3) is 0.455. The summed E-state index contributed by atoms with van der Waals surface area (Å²) >= 11 is 0. The van der Waals surface area contributed by atoms with E-state index in [2.05, 4.69) is 57.8 Å². The van der Waals surface area contributed by atoms with Crippen molar-refractivity contribution in [2.75, 3.05) is 13.2 Å². The Morgan fingerprint density at radius 3 is 2.81 bits per heavy atom. The van der Waals surface area contributed by atoms with Crippen LogP contribution in [0.15, 0.2) is 48.7 Å². The average Bonchev–Trinajstić information content (AvgIpc) is 3.31. The molecule has 27 heavy (non-hydrogen) atoms. The van der Waals surface area contributed by atoms with Gasteiger partial charge >= 0.3 is 0 Å². The Morgan fingerprint density at radius 2 is 2.04 bits per heavy atom. The third-order valence-corrected chi connectivity index (χ3v) is 5.14. The van der Waals surface area contributed by atoms with Crippen LogP contribution in [0.1, 0.15) is 37.7 Å². The first kappa shape index (κ1) is 18.1. The molecule has 4 rings (SSSR count). The topological polar surface area (TPSA) is 43.2 Å². The van der Waals surface area contributed by atoms with Gasteiger partial charge in [0.15, 0.2) is 0 Å². The maximum Gasteiger partial charge on any atom is 0.124 e. The van der Waals surface area contributed by atoms with Crippen molar-refractivity contribution in [2.45, 2.75) is 51.9 Å². The molecule has 142 valence electrons. The first-order chi connectivity index (χ1) is 13.3. The lowest BCUT2D eigenvalue weighted by Gasteiger charge is -2.25. The van der Waals surface area contributed by atoms with Gasteiger partial charge < -0.3 is 9.30 Å². The number of pyridine rings is 1. The molecule has 0 amide bonds. The molecule has 0 radical (unpaired) electrons. The lowest BCUT2D eigenvalue weighted by Crippen LogP contribution is -2.32. The van der Waals surface area contributed by atoms with E-state index in [1.54, 1.807) is 0 Å². The van der Waals surface area contributed by atoms with Crippen LogP contribution in [0, 0.1) is 0 Å². The first-order valence-corrected chi connectivity index (χ1v) is 10.0. The number of aromatic nitrogens is 3. The smallest absolute Gasteiger partial charge is 0.124 e. The molecule has 2 aromatic heterocycles. The summed E-state index contributed by atoms with van der Waals surface area (Å²) < 4.78 is 8.28. The molecule has 3 heterocycles. The van der Waals surface area contributed by atoms with E-state index in [1.807, 2.05) is 12.3 Å². The van der Waals surface area contributed by atoms with E-state index in [0.29, 0.717) is 6.10 Å². The van der Waals surface area contributed by atoms with Crippen LogP contribution in [0.4, 0.5) is 0 Å².